The molecule has 0 amide bonds. The highest BCUT2D eigenvalue weighted by atomic mass is 35.5. The predicted octanol–water partition coefficient (Wildman–Crippen LogP) is 3.77. The van der Waals surface area contributed by atoms with Crippen LogP contribution in [0.25, 0.3) is 0 Å². The van der Waals surface area contributed by atoms with Crippen LogP contribution in [0.3, 0.4) is 0 Å². The fourth-order valence-corrected chi connectivity index (χ4v) is 1.92. The Morgan fingerprint density at radius 3 is 3.00 bits per heavy atom. The second-order valence-electron chi connectivity index (χ2n) is 2.64. The number of thioether (sulfide) groups is 1. The summed E-state index contributed by atoms with van der Waals surface area (Å²) in [7, 11) is 0. The third-order valence-electron chi connectivity index (χ3n) is 1.51. The van der Waals surface area contributed by atoms with Crippen LogP contribution in [0.5, 0.6) is 0 Å². The van der Waals surface area contributed by atoms with E-state index in [1.807, 2.05) is 0 Å². The molecule has 0 aromatic carbocycles. The topological polar surface area (TPSA) is 12.9 Å². The number of halogens is 2. The third-order valence-corrected chi connectivity index (χ3v) is 2.78. The largest absolute Gasteiger partial charge is 0.245 e. The number of hydrogen-bond donors (Lipinski definition) is 0. The Labute approximate surface area is 86.7 Å². The lowest BCUT2D eigenvalue weighted by Crippen LogP contribution is -1.87. The van der Waals surface area contributed by atoms with E-state index < -0.39 is 0 Å². The summed E-state index contributed by atoms with van der Waals surface area (Å²) in [6.45, 7) is 2.10. The molecule has 1 nitrogen and oxygen atoms in total. The van der Waals surface area contributed by atoms with Gasteiger partial charge in [0.15, 0.2) is 5.82 Å². The average Bonchev–Trinajstić information content (AvgIpc) is 2.09. The average molecular weight is 220 g/mol. The van der Waals surface area contributed by atoms with E-state index in [9.17, 15) is 4.39 Å². The van der Waals surface area contributed by atoms with Crippen molar-refractivity contribution in [2.45, 2.75) is 24.8 Å². The zero-order valence-electron chi connectivity index (χ0n) is 7.39. The Bertz CT molecular complexity index is 280. The molecule has 1 heterocycles. The number of aromatic nitrogens is 1. The molecule has 0 saturated carbocycles. The normalized spacial score (nSPS) is 10.4. The molecule has 0 aliphatic carbocycles. The summed E-state index contributed by atoms with van der Waals surface area (Å²) in [6.07, 6.45) is 3.66. The van der Waals surface area contributed by atoms with Crippen LogP contribution in [0.2, 0.25) is 5.02 Å². The third kappa shape index (κ3) is 3.53. The summed E-state index contributed by atoms with van der Waals surface area (Å²) in [5.41, 5.74) is 0. The van der Waals surface area contributed by atoms with Crippen LogP contribution < -0.4 is 0 Å². The molecule has 0 N–H and O–H groups in total. The predicted molar refractivity (Wildman–Crippen MR) is 54.8 cm³/mol. The molecule has 4 heteroatoms. The molecule has 72 valence electrons. The van der Waals surface area contributed by atoms with Crippen LogP contribution >= 0.6 is 23.4 Å². The van der Waals surface area contributed by atoms with Gasteiger partial charge in [-0.3, -0.25) is 0 Å². The van der Waals surface area contributed by atoms with Crippen LogP contribution in [-0.4, -0.2) is 10.7 Å². The first-order chi connectivity index (χ1) is 6.24. The number of pyridine rings is 1. The summed E-state index contributed by atoms with van der Waals surface area (Å²) < 4.78 is 13.1. The SMILES string of the molecule is CCCCSc1ncc(Cl)cc1F. The van der Waals surface area contributed by atoms with Gasteiger partial charge in [0.25, 0.3) is 0 Å². The zero-order valence-corrected chi connectivity index (χ0v) is 8.96. The van der Waals surface area contributed by atoms with Crippen molar-refractivity contribution in [1.82, 2.24) is 4.98 Å². The lowest BCUT2D eigenvalue weighted by atomic mass is 10.4. The van der Waals surface area contributed by atoms with Gasteiger partial charge in [0.2, 0.25) is 0 Å². The van der Waals surface area contributed by atoms with Gasteiger partial charge >= 0.3 is 0 Å². The zero-order chi connectivity index (χ0) is 9.68. The van der Waals surface area contributed by atoms with E-state index >= 15 is 0 Å². The van der Waals surface area contributed by atoms with Crippen molar-refractivity contribution in [3.63, 3.8) is 0 Å². The second kappa shape index (κ2) is 5.45. The summed E-state index contributed by atoms with van der Waals surface area (Å²) >= 11 is 7.00. The van der Waals surface area contributed by atoms with Gasteiger partial charge in [0.1, 0.15) is 5.03 Å². The lowest BCUT2D eigenvalue weighted by Gasteiger charge is -2.00. The van der Waals surface area contributed by atoms with E-state index in [1.165, 1.54) is 24.0 Å². The Kier molecular flexibility index (Phi) is 4.53. The molecule has 0 unspecified atom stereocenters. The van der Waals surface area contributed by atoms with Gasteiger partial charge in [-0.2, -0.15) is 0 Å². The molecule has 0 spiro atoms. The van der Waals surface area contributed by atoms with Crippen molar-refractivity contribution >= 4 is 23.4 Å². The van der Waals surface area contributed by atoms with Crippen LogP contribution in [0.1, 0.15) is 19.8 Å². The molecule has 1 rings (SSSR count). The van der Waals surface area contributed by atoms with Gasteiger partial charge in [0, 0.05) is 6.20 Å². The van der Waals surface area contributed by atoms with Crippen molar-refractivity contribution in [3.05, 3.63) is 23.1 Å². The van der Waals surface area contributed by atoms with E-state index in [0.717, 1.165) is 18.6 Å². The monoisotopic (exact) mass is 219 g/mol. The fraction of sp³-hybridized carbons (Fsp3) is 0.444. The Morgan fingerprint density at radius 1 is 1.62 bits per heavy atom. The lowest BCUT2D eigenvalue weighted by molar-refractivity contribution is 0.588. The fourth-order valence-electron chi connectivity index (χ4n) is 0.821. The maximum Gasteiger partial charge on any atom is 0.156 e. The van der Waals surface area contributed by atoms with Crippen LogP contribution in [0, 0.1) is 5.82 Å². The maximum absolute atomic E-state index is 13.1. The molecule has 0 bridgehead atoms. The summed E-state index contributed by atoms with van der Waals surface area (Å²) in [6, 6.07) is 1.29. The van der Waals surface area contributed by atoms with Gasteiger partial charge < -0.3 is 0 Å². The van der Waals surface area contributed by atoms with Crippen molar-refractivity contribution in [3.8, 4) is 0 Å². The number of nitrogens with zero attached hydrogens (tertiary/aromatic N) is 1. The molecule has 0 fully saturated rings. The van der Waals surface area contributed by atoms with Crippen molar-refractivity contribution in [1.29, 1.82) is 0 Å². The highest BCUT2D eigenvalue weighted by Crippen LogP contribution is 2.22. The quantitative estimate of drug-likeness (QED) is 0.565. The van der Waals surface area contributed by atoms with Gasteiger partial charge in [0.05, 0.1) is 5.02 Å². The Morgan fingerprint density at radius 2 is 2.38 bits per heavy atom. The molecule has 0 saturated heterocycles. The minimum Gasteiger partial charge on any atom is -0.245 e. The van der Waals surface area contributed by atoms with E-state index in [0.29, 0.717) is 10.0 Å². The minimum absolute atomic E-state index is 0.325. The van der Waals surface area contributed by atoms with Gasteiger partial charge in [-0.05, 0) is 18.2 Å². The Hall–Kier alpha value is -0.280. The molecule has 1 aromatic rings. The van der Waals surface area contributed by atoms with E-state index in [4.69, 9.17) is 11.6 Å². The van der Waals surface area contributed by atoms with Crippen LogP contribution in [0.4, 0.5) is 4.39 Å². The molecule has 0 aliphatic heterocycles. The van der Waals surface area contributed by atoms with E-state index in [2.05, 4.69) is 11.9 Å². The number of rotatable bonds is 4. The van der Waals surface area contributed by atoms with E-state index in [-0.39, 0.29) is 5.82 Å². The maximum atomic E-state index is 13.1. The smallest absolute Gasteiger partial charge is 0.156 e. The van der Waals surface area contributed by atoms with E-state index in [1.54, 1.807) is 0 Å². The minimum atomic E-state index is -0.325. The Balaban J connectivity index is 2.56. The molecule has 0 atom stereocenters. The second-order valence-corrected chi connectivity index (χ2v) is 4.16. The first-order valence-corrected chi connectivity index (χ1v) is 5.54. The molecule has 1 aromatic heterocycles. The highest BCUT2D eigenvalue weighted by molar-refractivity contribution is 7.99. The van der Waals surface area contributed by atoms with Crippen LogP contribution in [0.15, 0.2) is 17.3 Å². The molecular weight excluding hydrogens is 209 g/mol. The standard InChI is InChI=1S/C9H11ClFNS/c1-2-3-4-13-9-8(11)5-7(10)6-12-9/h5-6H,2-4H2,1H3. The molecule has 0 radical (unpaired) electrons. The number of hydrogen-bond acceptors (Lipinski definition) is 2. The van der Waals surface area contributed by atoms with Crippen molar-refractivity contribution in [2.24, 2.45) is 0 Å². The van der Waals surface area contributed by atoms with Crippen molar-refractivity contribution < 1.29 is 4.39 Å². The summed E-state index contributed by atoms with van der Waals surface area (Å²) in [4.78, 5) is 3.91. The summed E-state index contributed by atoms with van der Waals surface area (Å²) in [5, 5.41) is 0.787. The first-order valence-electron chi connectivity index (χ1n) is 4.18. The van der Waals surface area contributed by atoms with Gasteiger partial charge in [-0.1, -0.05) is 24.9 Å². The molecule has 13 heavy (non-hydrogen) atoms. The number of unbranched alkanes of at least 4 members (excludes halogenated alkanes) is 1. The molecule has 0 aliphatic rings. The molecular formula is C9H11ClFNS. The summed E-state index contributed by atoms with van der Waals surface area (Å²) in [5.74, 6) is 0.579. The van der Waals surface area contributed by atoms with Gasteiger partial charge in [-0.25, -0.2) is 9.37 Å². The van der Waals surface area contributed by atoms with Gasteiger partial charge in [-0.15, -0.1) is 11.8 Å². The van der Waals surface area contributed by atoms with Crippen LogP contribution in [-0.2, 0) is 0 Å². The highest BCUT2D eigenvalue weighted by Gasteiger charge is 2.04. The van der Waals surface area contributed by atoms with Crippen molar-refractivity contribution in [2.75, 3.05) is 5.75 Å². The first kappa shape index (κ1) is 10.8.